The van der Waals surface area contributed by atoms with Crippen LogP contribution in [-0.4, -0.2) is 58.4 Å². The molecule has 6 nitrogen and oxygen atoms in total. The number of rotatable bonds is 3. The molecule has 0 aromatic rings. The summed E-state index contributed by atoms with van der Waals surface area (Å²) in [6.07, 6.45) is 2.57. The zero-order valence-corrected chi connectivity index (χ0v) is 11.4. The van der Waals surface area contributed by atoms with Crippen molar-refractivity contribution in [3.05, 3.63) is 0 Å². The maximum atomic E-state index is 12.3. The fourth-order valence-electron chi connectivity index (χ4n) is 2.71. The van der Waals surface area contributed by atoms with E-state index in [0.717, 1.165) is 12.8 Å². The molecule has 2 heterocycles. The highest BCUT2D eigenvalue weighted by Gasteiger charge is 2.43. The van der Waals surface area contributed by atoms with Crippen molar-refractivity contribution in [1.29, 1.82) is 0 Å². The standard InChI is InChI=1S/C13H20N2O4/c1-13(2,12(18)19)8-14-7-10(16)15-6-4-3-5-9(15)11(14)17/h9H,3-8H2,1-2H3,(H,18,19). The van der Waals surface area contributed by atoms with Crippen LogP contribution in [0.25, 0.3) is 0 Å². The number of nitrogens with zero attached hydrogens (tertiary/aromatic N) is 2. The Kier molecular flexibility index (Phi) is 3.52. The van der Waals surface area contributed by atoms with Crippen LogP contribution >= 0.6 is 0 Å². The van der Waals surface area contributed by atoms with Crippen molar-refractivity contribution < 1.29 is 19.5 Å². The molecule has 19 heavy (non-hydrogen) atoms. The summed E-state index contributed by atoms with van der Waals surface area (Å²) >= 11 is 0. The summed E-state index contributed by atoms with van der Waals surface area (Å²) in [7, 11) is 0. The van der Waals surface area contributed by atoms with E-state index >= 15 is 0 Å². The molecule has 2 fully saturated rings. The Hall–Kier alpha value is -1.59. The number of aliphatic carboxylic acids is 1. The van der Waals surface area contributed by atoms with Crippen molar-refractivity contribution >= 4 is 17.8 Å². The minimum Gasteiger partial charge on any atom is -0.481 e. The predicted molar refractivity (Wildman–Crippen MR) is 67.3 cm³/mol. The van der Waals surface area contributed by atoms with Crippen LogP contribution in [0, 0.1) is 5.41 Å². The van der Waals surface area contributed by atoms with E-state index in [-0.39, 0.29) is 30.9 Å². The number of amides is 2. The summed E-state index contributed by atoms with van der Waals surface area (Å²) in [6.45, 7) is 3.87. The van der Waals surface area contributed by atoms with Gasteiger partial charge in [-0.25, -0.2) is 0 Å². The van der Waals surface area contributed by atoms with E-state index in [9.17, 15) is 14.4 Å². The number of carbonyl (C=O) groups is 3. The topological polar surface area (TPSA) is 77.9 Å². The van der Waals surface area contributed by atoms with Gasteiger partial charge in [0.1, 0.15) is 6.04 Å². The molecule has 1 unspecified atom stereocenters. The van der Waals surface area contributed by atoms with Crippen molar-refractivity contribution in [2.75, 3.05) is 19.6 Å². The Balaban J connectivity index is 2.13. The molecule has 1 atom stereocenters. The molecule has 2 aliphatic heterocycles. The molecule has 106 valence electrons. The van der Waals surface area contributed by atoms with Crippen molar-refractivity contribution in [2.24, 2.45) is 5.41 Å². The fraction of sp³-hybridized carbons (Fsp3) is 0.769. The van der Waals surface area contributed by atoms with Crippen LogP contribution in [0.3, 0.4) is 0 Å². The molecular weight excluding hydrogens is 248 g/mol. The van der Waals surface area contributed by atoms with Gasteiger partial charge in [-0.3, -0.25) is 14.4 Å². The molecule has 2 rings (SSSR count). The predicted octanol–water partition coefficient (Wildman–Crippen LogP) is 0.320. The van der Waals surface area contributed by atoms with E-state index in [1.165, 1.54) is 4.90 Å². The maximum absolute atomic E-state index is 12.3. The van der Waals surface area contributed by atoms with Crippen molar-refractivity contribution in [3.8, 4) is 0 Å². The number of fused-ring (bicyclic) bond motifs is 1. The number of carboxylic acids is 1. The Labute approximate surface area is 112 Å². The van der Waals surface area contributed by atoms with Crippen LogP contribution < -0.4 is 0 Å². The molecule has 0 spiro atoms. The second-order valence-electron chi connectivity index (χ2n) is 5.98. The summed E-state index contributed by atoms with van der Waals surface area (Å²) in [4.78, 5) is 38.6. The van der Waals surface area contributed by atoms with E-state index < -0.39 is 11.4 Å². The Morgan fingerprint density at radius 1 is 1.37 bits per heavy atom. The second-order valence-corrected chi connectivity index (χ2v) is 5.98. The summed E-state index contributed by atoms with van der Waals surface area (Å²) < 4.78 is 0. The molecule has 1 N–H and O–H groups in total. The van der Waals surface area contributed by atoms with E-state index in [1.807, 2.05) is 0 Å². The molecule has 0 aromatic carbocycles. The van der Waals surface area contributed by atoms with Crippen LogP contribution in [0.15, 0.2) is 0 Å². The lowest BCUT2D eigenvalue weighted by Gasteiger charge is -2.44. The molecule has 0 bridgehead atoms. The van der Waals surface area contributed by atoms with Crippen molar-refractivity contribution in [1.82, 2.24) is 9.80 Å². The first-order valence-corrected chi connectivity index (χ1v) is 6.64. The normalized spacial score (nSPS) is 24.4. The first-order valence-electron chi connectivity index (χ1n) is 6.64. The van der Waals surface area contributed by atoms with E-state index in [0.29, 0.717) is 13.0 Å². The highest BCUT2D eigenvalue weighted by molar-refractivity contribution is 5.95. The van der Waals surface area contributed by atoms with Gasteiger partial charge in [-0.1, -0.05) is 0 Å². The molecule has 0 radical (unpaired) electrons. The highest BCUT2D eigenvalue weighted by atomic mass is 16.4. The molecule has 0 aromatic heterocycles. The van der Waals surface area contributed by atoms with Crippen molar-refractivity contribution in [3.63, 3.8) is 0 Å². The number of hydrogen-bond acceptors (Lipinski definition) is 3. The number of piperazine rings is 1. The Morgan fingerprint density at radius 3 is 2.68 bits per heavy atom. The lowest BCUT2D eigenvalue weighted by molar-refractivity contribution is -0.161. The maximum Gasteiger partial charge on any atom is 0.310 e. The average molecular weight is 268 g/mol. The van der Waals surface area contributed by atoms with E-state index in [4.69, 9.17) is 5.11 Å². The number of carboxylic acid groups (broad SMARTS) is 1. The summed E-state index contributed by atoms with van der Waals surface area (Å²) in [5, 5.41) is 9.12. The summed E-state index contributed by atoms with van der Waals surface area (Å²) in [5.41, 5.74) is -1.03. The smallest absolute Gasteiger partial charge is 0.310 e. The van der Waals surface area contributed by atoms with Crippen LogP contribution in [0.1, 0.15) is 33.1 Å². The zero-order valence-electron chi connectivity index (χ0n) is 11.4. The van der Waals surface area contributed by atoms with Crippen LogP contribution in [-0.2, 0) is 14.4 Å². The Morgan fingerprint density at radius 2 is 2.05 bits per heavy atom. The summed E-state index contributed by atoms with van der Waals surface area (Å²) in [5.74, 6) is -1.13. The molecule has 0 saturated carbocycles. The SMILES string of the molecule is CC(C)(CN1CC(=O)N2CCCCC2C1=O)C(=O)O. The van der Waals surface area contributed by atoms with Gasteiger partial charge < -0.3 is 14.9 Å². The quantitative estimate of drug-likeness (QED) is 0.799. The second kappa shape index (κ2) is 4.83. The Bertz CT molecular complexity index is 419. The molecule has 2 aliphatic rings. The number of hydrogen-bond donors (Lipinski definition) is 1. The van der Waals surface area contributed by atoms with Gasteiger partial charge in [-0.05, 0) is 33.1 Å². The molecular formula is C13H20N2O4. The average Bonchev–Trinajstić information content (AvgIpc) is 2.35. The fourth-order valence-corrected chi connectivity index (χ4v) is 2.71. The van der Waals surface area contributed by atoms with Gasteiger partial charge in [-0.2, -0.15) is 0 Å². The molecule has 2 amide bonds. The van der Waals surface area contributed by atoms with Crippen LogP contribution in [0.4, 0.5) is 0 Å². The van der Waals surface area contributed by atoms with Crippen molar-refractivity contribution in [2.45, 2.75) is 39.2 Å². The van der Waals surface area contributed by atoms with Gasteiger partial charge in [0, 0.05) is 13.1 Å². The summed E-state index contributed by atoms with van der Waals surface area (Å²) in [6, 6.07) is -0.375. The molecule has 0 aliphatic carbocycles. The molecule has 2 saturated heterocycles. The van der Waals surface area contributed by atoms with Gasteiger partial charge in [0.05, 0.1) is 12.0 Å². The zero-order chi connectivity index (χ0) is 14.2. The largest absolute Gasteiger partial charge is 0.481 e. The van der Waals surface area contributed by atoms with Crippen LogP contribution in [0.5, 0.6) is 0 Å². The van der Waals surface area contributed by atoms with E-state index in [1.54, 1.807) is 18.7 Å². The minimum atomic E-state index is -1.03. The third-order valence-corrected chi connectivity index (χ3v) is 3.91. The van der Waals surface area contributed by atoms with Crippen LogP contribution in [0.2, 0.25) is 0 Å². The third kappa shape index (κ3) is 2.57. The van der Waals surface area contributed by atoms with E-state index in [2.05, 4.69) is 0 Å². The lowest BCUT2D eigenvalue weighted by Crippen LogP contribution is -2.62. The minimum absolute atomic E-state index is 0.00600. The van der Waals surface area contributed by atoms with Gasteiger partial charge >= 0.3 is 5.97 Å². The first kappa shape index (κ1) is 13.8. The van der Waals surface area contributed by atoms with Gasteiger partial charge in [0.2, 0.25) is 11.8 Å². The van der Waals surface area contributed by atoms with Gasteiger partial charge in [0.25, 0.3) is 0 Å². The highest BCUT2D eigenvalue weighted by Crippen LogP contribution is 2.26. The van der Waals surface area contributed by atoms with Gasteiger partial charge in [0.15, 0.2) is 0 Å². The third-order valence-electron chi connectivity index (χ3n) is 3.91. The lowest BCUT2D eigenvalue weighted by atomic mass is 9.91. The monoisotopic (exact) mass is 268 g/mol. The van der Waals surface area contributed by atoms with Gasteiger partial charge in [-0.15, -0.1) is 0 Å². The number of carbonyl (C=O) groups excluding carboxylic acids is 2. The number of piperidine rings is 1. The molecule has 6 heteroatoms. The first-order chi connectivity index (χ1) is 8.83.